The Morgan fingerprint density at radius 2 is 1.32 bits per heavy atom. The lowest BCUT2D eigenvalue weighted by Crippen LogP contribution is -2.56. The molecule has 0 aromatic heterocycles. The molecule has 7 heteroatoms. The van der Waals surface area contributed by atoms with Crippen LogP contribution in [0.25, 0.3) is 0 Å². The van der Waals surface area contributed by atoms with Crippen molar-refractivity contribution in [3.8, 4) is 0 Å². The van der Waals surface area contributed by atoms with Gasteiger partial charge >= 0.3 is 5.97 Å². The van der Waals surface area contributed by atoms with Crippen LogP contribution in [0.15, 0.2) is 0 Å². The number of ether oxygens (including phenoxy) is 1. The number of nitrogens with zero attached hydrogens (tertiary/aromatic N) is 1. The number of esters is 1. The van der Waals surface area contributed by atoms with Crippen molar-refractivity contribution in [1.29, 1.82) is 0 Å². The fourth-order valence-electron chi connectivity index (χ4n) is 5.51. The summed E-state index contributed by atoms with van der Waals surface area (Å²) in [7, 11) is -4.19. The van der Waals surface area contributed by atoms with Gasteiger partial charge < -0.3 is 13.8 Å². The van der Waals surface area contributed by atoms with Crippen LogP contribution in [0.1, 0.15) is 123 Å². The molecule has 1 aliphatic rings. The van der Waals surface area contributed by atoms with Crippen LogP contribution >= 0.6 is 0 Å². The average molecular weight is 504 g/mol. The van der Waals surface area contributed by atoms with E-state index in [2.05, 4.69) is 6.92 Å². The minimum absolute atomic E-state index is 0.107. The SMILES string of the molecule is CCCCCCCCCCCCCCCC[N+]1(CCCS(=O)(=O)[O-])CCCC(C(=O)OCC)C1. The number of rotatable bonds is 21. The lowest BCUT2D eigenvalue weighted by atomic mass is 9.94. The van der Waals surface area contributed by atoms with E-state index in [0.717, 1.165) is 43.4 Å². The van der Waals surface area contributed by atoms with Crippen molar-refractivity contribution in [2.45, 2.75) is 123 Å². The lowest BCUT2D eigenvalue weighted by molar-refractivity contribution is -0.935. The Morgan fingerprint density at radius 3 is 1.82 bits per heavy atom. The van der Waals surface area contributed by atoms with Gasteiger partial charge in [0.2, 0.25) is 0 Å². The van der Waals surface area contributed by atoms with E-state index < -0.39 is 10.1 Å². The molecule has 6 nitrogen and oxygen atoms in total. The highest BCUT2D eigenvalue weighted by Crippen LogP contribution is 2.27. The van der Waals surface area contributed by atoms with Crippen molar-refractivity contribution in [3.63, 3.8) is 0 Å². The number of likely N-dealkylation sites (tertiary alicyclic amines) is 1. The Balaban J connectivity index is 2.27. The first-order chi connectivity index (χ1) is 16.3. The molecule has 0 radical (unpaired) electrons. The van der Waals surface area contributed by atoms with Gasteiger partial charge in [0.25, 0.3) is 0 Å². The quantitative estimate of drug-likeness (QED) is 0.0806. The molecular weight excluding hydrogens is 450 g/mol. The molecule has 0 N–H and O–H groups in total. The monoisotopic (exact) mass is 503 g/mol. The molecule has 1 fully saturated rings. The molecule has 2 atom stereocenters. The van der Waals surface area contributed by atoms with Crippen molar-refractivity contribution < 1.29 is 27.0 Å². The highest BCUT2D eigenvalue weighted by molar-refractivity contribution is 7.85. The number of unbranched alkanes of at least 4 members (excludes halogenated alkanes) is 13. The van der Waals surface area contributed by atoms with Crippen LogP contribution < -0.4 is 0 Å². The highest BCUT2D eigenvalue weighted by atomic mass is 32.2. The predicted molar refractivity (Wildman–Crippen MR) is 139 cm³/mol. The number of hydrogen-bond acceptors (Lipinski definition) is 5. The van der Waals surface area contributed by atoms with Gasteiger partial charge in [-0.25, -0.2) is 8.42 Å². The Bertz CT molecular complexity index is 625. The maximum Gasteiger partial charge on any atom is 0.314 e. The zero-order chi connectivity index (χ0) is 25.1. The Kier molecular flexibility index (Phi) is 17.1. The van der Waals surface area contributed by atoms with Crippen LogP contribution in [-0.2, 0) is 19.6 Å². The molecule has 2 unspecified atom stereocenters. The molecule has 34 heavy (non-hydrogen) atoms. The number of piperidine rings is 1. The van der Waals surface area contributed by atoms with E-state index >= 15 is 0 Å². The summed E-state index contributed by atoms with van der Waals surface area (Å²) in [6.45, 7) is 7.80. The molecule has 0 aliphatic carbocycles. The number of quaternary nitrogens is 1. The van der Waals surface area contributed by atoms with Gasteiger partial charge in [0.15, 0.2) is 0 Å². The summed E-state index contributed by atoms with van der Waals surface area (Å²) in [5.74, 6) is -0.540. The van der Waals surface area contributed by atoms with Gasteiger partial charge in [0.05, 0.1) is 42.9 Å². The van der Waals surface area contributed by atoms with Crippen LogP contribution in [0.5, 0.6) is 0 Å². The second-order valence-corrected chi connectivity index (χ2v) is 12.0. The molecule has 1 heterocycles. The first kappa shape index (κ1) is 31.4. The summed E-state index contributed by atoms with van der Waals surface area (Å²) >= 11 is 0. The normalized spacial score (nSPS) is 21.0. The minimum atomic E-state index is -4.19. The Labute approximate surface area is 210 Å². The van der Waals surface area contributed by atoms with Gasteiger partial charge in [-0.15, -0.1) is 0 Å². The molecule has 1 saturated heterocycles. The van der Waals surface area contributed by atoms with Crippen molar-refractivity contribution in [1.82, 2.24) is 0 Å². The van der Waals surface area contributed by atoms with E-state index in [-0.39, 0.29) is 17.6 Å². The van der Waals surface area contributed by atoms with Crippen LogP contribution in [-0.4, -0.2) is 62.0 Å². The first-order valence-corrected chi connectivity index (χ1v) is 15.8. The molecule has 202 valence electrons. The second kappa shape index (κ2) is 18.6. The van der Waals surface area contributed by atoms with E-state index in [9.17, 15) is 17.8 Å². The van der Waals surface area contributed by atoms with Crippen molar-refractivity contribution in [3.05, 3.63) is 0 Å². The van der Waals surface area contributed by atoms with Gasteiger partial charge in [0, 0.05) is 12.2 Å². The summed E-state index contributed by atoms with van der Waals surface area (Å²) in [4.78, 5) is 12.3. The van der Waals surface area contributed by atoms with Crippen molar-refractivity contribution in [2.75, 3.05) is 38.5 Å². The number of carbonyl (C=O) groups excluding carboxylic acids is 1. The molecule has 1 rings (SSSR count). The third-order valence-electron chi connectivity index (χ3n) is 7.43. The molecule has 0 amide bonds. The number of hydrogen-bond donors (Lipinski definition) is 0. The lowest BCUT2D eigenvalue weighted by Gasteiger charge is -2.44. The summed E-state index contributed by atoms with van der Waals surface area (Å²) < 4.78 is 39.3. The molecule has 0 bridgehead atoms. The van der Waals surface area contributed by atoms with Crippen LogP contribution in [0, 0.1) is 5.92 Å². The van der Waals surface area contributed by atoms with Gasteiger partial charge in [0.1, 0.15) is 5.92 Å². The number of carbonyl (C=O) groups is 1. The Morgan fingerprint density at radius 1 is 0.824 bits per heavy atom. The second-order valence-electron chi connectivity index (χ2n) is 10.5. The zero-order valence-electron chi connectivity index (χ0n) is 22.2. The minimum Gasteiger partial charge on any atom is -0.748 e. The maximum atomic E-state index is 12.3. The van der Waals surface area contributed by atoms with Gasteiger partial charge in [-0.3, -0.25) is 4.79 Å². The van der Waals surface area contributed by atoms with E-state index in [1.807, 2.05) is 6.92 Å². The molecule has 0 aromatic rings. The largest absolute Gasteiger partial charge is 0.748 e. The van der Waals surface area contributed by atoms with E-state index in [1.54, 1.807) is 0 Å². The smallest absolute Gasteiger partial charge is 0.314 e. The molecule has 0 saturated carbocycles. The highest BCUT2D eigenvalue weighted by Gasteiger charge is 2.38. The summed E-state index contributed by atoms with van der Waals surface area (Å²) in [5.41, 5.74) is 0. The third-order valence-corrected chi connectivity index (χ3v) is 8.21. The average Bonchev–Trinajstić information content (AvgIpc) is 2.79. The molecule has 0 aromatic carbocycles. The molecule has 1 aliphatic heterocycles. The summed E-state index contributed by atoms with van der Waals surface area (Å²) in [6, 6.07) is 0. The topological polar surface area (TPSA) is 83.5 Å². The predicted octanol–water partition coefficient (Wildman–Crippen LogP) is 6.19. The standard InChI is InChI=1S/C27H53NO5S/c1-3-5-6-7-8-9-10-11-12-13-14-15-16-17-21-28(23-19-24-34(30,31)32)22-18-20-26(25-28)27(29)33-4-2/h26H,3-25H2,1-2H3. The Hall–Kier alpha value is -0.660. The van der Waals surface area contributed by atoms with Gasteiger partial charge in [-0.05, 0) is 32.6 Å². The van der Waals surface area contributed by atoms with Crippen molar-refractivity contribution in [2.24, 2.45) is 5.92 Å². The maximum absolute atomic E-state index is 12.3. The van der Waals surface area contributed by atoms with Crippen LogP contribution in [0.4, 0.5) is 0 Å². The molecule has 0 spiro atoms. The van der Waals surface area contributed by atoms with Crippen LogP contribution in [0.2, 0.25) is 0 Å². The first-order valence-electron chi connectivity index (χ1n) is 14.3. The zero-order valence-corrected chi connectivity index (χ0v) is 23.1. The fourth-order valence-corrected chi connectivity index (χ4v) is 5.99. The van der Waals surface area contributed by atoms with E-state index in [4.69, 9.17) is 4.74 Å². The molecular formula is C27H53NO5S. The van der Waals surface area contributed by atoms with Gasteiger partial charge in [-0.2, -0.15) is 0 Å². The van der Waals surface area contributed by atoms with Crippen molar-refractivity contribution >= 4 is 16.1 Å². The fraction of sp³-hybridized carbons (Fsp3) is 0.963. The van der Waals surface area contributed by atoms with E-state index in [0.29, 0.717) is 19.6 Å². The van der Waals surface area contributed by atoms with E-state index in [1.165, 1.54) is 83.5 Å². The van der Waals surface area contributed by atoms with Gasteiger partial charge in [-0.1, -0.05) is 84.0 Å². The summed E-state index contributed by atoms with van der Waals surface area (Å²) in [6.07, 6.45) is 20.7. The third kappa shape index (κ3) is 15.4. The summed E-state index contributed by atoms with van der Waals surface area (Å²) in [5, 5.41) is 0. The van der Waals surface area contributed by atoms with Crippen LogP contribution in [0.3, 0.4) is 0 Å².